The van der Waals surface area contributed by atoms with Crippen LogP contribution in [0.2, 0.25) is 0 Å². The second kappa shape index (κ2) is 7.56. The van der Waals surface area contributed by atoms with Gasteiger partial charge in [0, 0.05) is 23.2 Å². The van der Waals surface area contributed by atoms with E-state index in [0.717, 1.165) is 21.7 Å². The van der Waals surface area contributed by atoms with Gasteiger partial charge < -0.3 is 10.2 Å². The van der Waals surface area contributed by atoms with Crippen LogP contribution in [0.15, 0.2) is 60.1 Å². The first-order chi connectivity index (χ1) is 13.5. The minimum absolute atomic E-state index is 0.0423. The van der Waals surface area contributed by atoms with Crippen LogP contribution in [0.5, 0.6) is 0 Å². The molecule has 5 nitrogen and oxygen atoms in total. The quantitative estimate of drug-likeness (QED) is 0.713. The van der Waals surface area contributed by atoms with Crippen LogP contribution in [0.25, 0.3) is 0 Å². The largest absolute Gasteiger partial charge is 0.310 e. The second-order valence-electron chi connectivity index (χ2n) is 7.08. The highest BCUT2D eigenvalue weighted by molar-refractivity contribution is 7.10. The van der Waals surface area contributed by atoms with Gasteiger partial charge in [-0.25, -0.2) is 4.98 Å². The van der Waals surface area contributed by atoms with Crippen molar-refractivity contribution in [1.29, 1.82) is 0 Å². The number of thiophene rings is 1. The van der Waals surface area contributed by atoms with Crippen LogP contribution in [-0.2, 0) is 9.59 Å². The van der Waals surface area contributed by atoms with Gasteiger partial charge in [0.2, 0.25) is 11.8 Å². The van der Waals surface area contributed by atoms with E-state index in [4.69, 9.17) is 0 Å². The van der Waals surface area contributed by atoms with Gasteiger partial charge in [-0.3, -0.25) is 9.59 Å². The van der Waals surface area contributed by atoms with Gasteiger partial charge in [0.05, 0.1) is 12.0 Å². The van der Waals surface area contributed by atoms with Crippen molar-refractivity contribution in [3.8, 4) is 0 Å². The van der Waals surface area contributed by atoms with Crippen molar-refractivity contribution in [2.75, 3.05) is 10.2 Å². The molecular weight excluding hydrogens is 370 g/mol. The Morgan fingerprint density at radius 3 is 2.50 bits per heavy atom. The molecule has 0 spiro atoms. The summed E-state index contributed by atoms with van der Waals surface area (Å²) in [6.45, 7) is 3.96. The number of hydrogen-bond acceptors (Lipinski definition) is 4. The predicted molar refractivity (Wildman–Crippen MR) is 111 cm³/mol. The van der Waals surface area contributed by atoms with Gasteiger partial charge in [0.25, 0.3) is 0 Å². The van der Waals surface area contributed by atoms with Crippen molar-refractivity contribution in [3.05, 3.63) is 76.1 Å². The SMILES string of the molecule is Cc1ccc(N2C(=O)CC(C(=O)Nc3ccc(C)cn3)C2c2cccs2)cc1. The number of nitrogens with one attached hydrogen (secondary N) is 1. The molecule has 2 atom stereocenters. The number of benzene rings is 1. The maximum Gasteiger partial charge on any atom is 0.231 e. The standard InChI is InChI=1S/C22H21N3O2S/c1-14-5-8-16(9-6-14)25-20(26)12-17(21(25)18-4-3-11-28-18)22(27)24-19-10-7-15(2)13-23-19/h3-11,13,17,21H,12H2,1-2H3,(H,23,24,27). The van der Waals surface area contributed by atoms with Gasteiger partial charge in [-0.2, -0.15) is 0 Å². The van der Waals surface area contributed by atoms with E-state index in [-0.39, 0.29) is 24.3 Å². The Morgan fingerprint density at radius 2 is 1.86 bits per heavy atom. The Kier molecular flexibility index (Phi) is 4.96. The molecule has 3 heterocycles. The molecule has 0 aliphatic carbocycles. The van der Waals surface area contributed by atoms with E-state index in [1.54, 1.807) is 28.5 Å². The fourth-order valence-electron chi connectivity index (χ4n) is 3.52. The van der Waals surface area contributed by atoms with Crippen molar-refractivity contribution >= 4 is 34.7 Å². The molecule has 1 aromatic carbocycles. The van der Waals surface area contributed by atoms with Crippen LogP contribution in [0.3, 0.4) is 0 Å². The Morgan fingerprint density at radius 1 is 1.11 bits per heavy atom. The van der Waals surface area contributed by atoms with Gasteiger partial charge in [-0.05, 0) is 49.1 Å². The molecule has 1 saturated heterocycles. The summed E-state index contributed by atoms with van der Waals surface area (Å²) in [6.07, 6.45) is 1.89. The first-order valence-corrected chi connectivity index (χ1v) is 10.1. The number of amides is 2. The second-order valence-corrected chi connectivity index (χ2v) is 8.06. The first-order valence-electron chi connectivity index (χ1n) is 9.18. The van der Waals surface area contributed by atoms with Crippen molar-refractivity contribution in [2.24, 2.45) is 5.92 Å². The summed E-state index contributed by atoms with van der Waals surface area (Å²) in [7, 11) is 0. The lowest BCUT2D eigenvalue weighted by molar-refractivity contribution is -0.122. The summed E-state index contributed by atoms with van der Waals surface area (Å²) < 4.78 is 0. The Balaban J connectivity index is 1.66. The summed E-state index contributed by atoms with van der Waals surface area (Å²) in [4.78, 5) is 33.0. The van der Waals surface area contributed by atoms with Gasteiger partial charge in [-0.1, -0.05) is 29.8 Å². The van der Waals surface area contributed by atoms with Gasteiger partial charge >= 0.3 is 0 Å². The molecule has 1 N–H and O–H groups in total. The molecule has 142 valence electrons. The van der Waals surface area contributed by atoms with Crippen molar-refractivity contribution in [3.63, 3.8) is 0 Å². The molecule has 1 aliphatic rings. The molecule has 6 heteroatoms. The topological polar surface area (TPSA) is 62.3 Å². The molecule has 2 unspecified atom stereocenters. The number of hydrogen-bond donors (Lipinski definition) is 1. The smallest absolute Gasteiger partial charge is 0.231 e. The van der Waals surface area contributed by atoms with Crippen LogP contribution in [0, 0.1) is 19.8 Å². The van der Waals surface area contributed by atoms with Crippen molar-refractivity contribution < 1.29 is 9.59 Å². The monoisotopic (exact) mass is 391 g/mol. The third kappa shape index (κ3) is 3.55. The zero-order valence-electron chi connectivity index (χ0n) is 15.8. The molecule has 28 heavy (non-hydrogen) atoms. The first kappa shape index (κ1) is 18.4. The average Bonchev–Trinajstić information content (AvgIpc) is 3.32. The number of aromatic nitrogens is 1. The summed E-state index contributed by atoms with van der Waals surface area (Å²) in [5.74, 6) is -0.200. The van der Waals surface area contributed by atoms with Crippen molar-refractivity contribution in [1.82, 2.24) is 4.98 Å². The number of anilines is 2. The summed E-state index contributed by atoms with van der Waals surface area (Å²) >= 11 is 1.56. The van der Waals surface area contributed by atoms with E-state index in [2.05, 4.69) is 10.3 Å². The molecule has 2 amide bonds. The fourth-order valence-corrected chi connectivity index (χ4v) is 4.41. The van der Waals surface area contributed by atoms with Crippen LogP contribution in [0.4, 0.5) is 11.5 Å². The van der Waals surface area contributed by atoms with Crippen LogP contribution >= 0.6 is 11.3 Å². The molecule has 0 radical (unpaired) electrons. The number of aryl methyl sites for hydroxylation is 2. The van der Waals surface area contributed by atoms with E-state index in [1.807, 2.05) is 61.7 Å². The third-order valence-electron chi connectivity index (χ3n) is 4.97. The van der Waals surface area contributed by atoms with Crippen molar-refractivity contribution in [2.45, 2.75) is 26.3 Å². The normalized spacial score (nSPS) is 19.1. The third-order valence-corrected chi connectivity index (χ3v) is 5.91. The highest BCUT2D eigenvalue weighted by Gasteiger charge is 2.45. The van der Waals surface area contributed by atoms with Crippen LogP contribution in [-0.4, -0.2) is 16.8 Å². The summed E-state index contributed by atoms with van der Waals surface area (Å²) in [5, 5.41) is 4.85. The van der Waals surface area contributed by atoms with Gasteiger partial charge in [0.15, 0.2) is 0 Å². The van der Waals surface area contributed by atoms with Gasteiger partial charge in [0.1, 0.15) is 5.82 Å². The van der Waals surface area contributed by atoms with E-state index in [0.29, 0.717) is 5.82 Å². The molecule has 0 bridgehead atoms. The molecule has 1 fully saturated rings. The fraction of sp³-hybridized carbons (Fsp3) is 0.227. The predicted octanol–water partition coefficient (Wildman–Crippen LogP) is 4.49. The van der Waals surface area contributed by atoms with E-state index in [1.165, 1.54) is 0 Å². The number of pyridine rings is 1. The lowest BCUT2D eigenvalue weighted by Gasteiger charge is -2.27. The number of nitrogens with zero attached hydrogens (tertiary/aromatic N) is 2. The van der Waals surface area contributed by atoms with E-state index in [9.17, 15) is 9.59 Å². The molecule has 1 aliphatic heterocycles. The Hall–Kier alpha value is -2.99. The highest BCUT2D eigenvalue weighted by Crippen LogP contribution is 2.43. The maximum atomic E-state index is 13.1. The number of rotatable bonds is 4. The number of carbonyl (C=O) groups excluding carboxylic acids is 2. The average molecular weight is 391 g/mol. The molecule has 0 saturated carbocycles. The molecule has 3 aromatic rings. The zero-order chi connectivity index (χ0) is 19.7. The summed E-state index contributed by atoms with van der Waals surface area (Å²) in [6, 6.07) is 15.1. The molecule has 2 aromatic heterocycles. The maximum absolute atomic E-state index is 13.1. The minimum atomic E-state index is -0.476. The van der Waals surface area contributed by atoms with Crippen LogP contribution in [0.1, 0.15) is 28.5 Å². The van der Waals surface area contributed by atoms with E-state index < -0.39 is 5.92 Å². The minimum Gasteiger partial charge on any atom is -0.310 e. The lowest BCUT2D eigenvalue weighted by atomic mass is 9.97. The molecular formula is C22H21N3O2S. The molecule has 4 rings (SSSR count). The number of carbonyl (C=O) groups is 2. The van der Waals surface area contributed by atoms with E-state index >= 15 is 0 Å². The van der Waals surface area contributed by atoms with Crippen LogP contribution < -0.4 is 10.2 Å². The lowest BCUT2D eigenvalue weighted by Crippen LogP contribution is -2.32. The zero-order valence-corrected chi connectivity index (χ0v) is 16.6. The Labute approximate surface area is 168 Å². The summed E-state index contributed by atoms with van der Waals surface area (Å²) in [5.41, 5.74) is 2.97. The Bertz CT molecular complexity index is 982. The highest BCUT2D eigenvalue weighted by atomic mass is 32.1. The van der Waals surface area contributed by atoms with Gasteiger partial charge in [-0.15, -0.1) is 11.3 Å².